The Morgan fingerprint density at radius 2 is 1.89 bits per heavy atom. The molecule has 5 rings (SSSR count). The van der Waals surface area contributed by atoms with E-state index >= 15 is 0 Å². The van der Waals surface area contributed by atoms with Gasteiger partial charge in [0.15, 0.2) is 0 Å². The summed E-state index contributed by atoms with van der Waals surface area (Å²) in [7, 11) is 0. The molecule has 188 valence electrons. The number of hydrogen-bond donors (Lipinski definition) is 2. The Labute approximate surface area is 215 Å². The number of hydrogen-bond acceptors (Lipinski definition) is 5. The molecule has 5 nitrogen and oxygen atoms in total. The number of aromatic hydroxyl groups is 2. The summed E-state index contributed by atoms with van der Waals surface area (Å²) in [5.74, 6) is 1.66. The Balaban J connectivity index is 1.38. The van der Waals surface area contributed by atoms with Crippen molar-refractivity contribution in [1.29, 1.82) is 0 Å². The van der Waals surface area contributed by atoms with Gasteiger partial charge in [-0.15, -0.1) is 0 Å². The second-order valence-corrected chi connectivity index (χ2v) is 9.82. The van der Waals surface area contributed by atoms with Crippen molar-refractivity contribution in [3.63, 3.8) is 0 Å². The van der Waals surface area contributed by atoms with E-state index in [2.05, 4.69) is 4.90 Å². The second-order valence-electron chi connectivity index (χ2n) is 9.41. The maximum absolute atomic E-state index is 12.8. The van der Waals surface area contributed by atoms with Crippen LogP contribution >= 0.6 is 11.6 Å². The summed E-state index contributed by atoms with van der Waals surface area (Å²) >= 11 is 6.24. The quantitative estimate of drug-likeness (QED) is 0.381. The Hall–Kier alpha value is -3.22. The van der Waals surface area contributed by atoms with Gasteiger partial charge in [0.05, 0.1) is 11.7 Å². The van der Waals surface area contributed by atoms with Crippen LogP contribution in [0.2, 0.25) is 5.02 Å². The summed E-state index contributed by atoms with van der Waals surface area (Å²) in [6, 6.07) is 18.0. The van der Waals surface area contributed by atoms with Crippen LogP contribution in [0, 0.1) is 5.92 Å². The summed E-state index contributed by atoms with van der Waals surface area (Å²) in [6.45, 7) is 4.80. The first-order valence-corrected chi connectivity index (χ1v) is 12.5. The summed E-state index contributed by atoms with van der Waals surface area (Å²) in [5, 5.41) is 20.2. The molecule has 0 aromatic heterocycles. The fourth-order valence-electron chi connectivity index (χ4n) is 5.00. The molecule has 7 heteroatoms. The lowest BCUT2D eigenvalue weighted by molar-refractivity contribution is 0.228. The van der Waals surface area contributed by atoms with Crippen LogP contribution in [0.3, 0.4) is 0 Å². The summed E-state index contributed by atoms with van der Waals surface area (Å²) < 4.78 is 25.2. The van der Waals surface area contributed by atoms with Gasteiger partial charge in [0.2, 0.25) is 0 Å². The average molecular weight is 510 g/mol. The minimum atomic E-state index is -0.448. The highest BCUT2D eigenvalue weighted by Crippen LogP contribution is 2.48. The molecule has 0 bridgehead atoms. The smallest absolute Gasteiger partial charge is 0.150 e. The topological polar surface area (TPSA) is 62.2 Å². The normalized spacial score (nSPS) is 19.8. The zero-order valence-corrected chi connectivity index (χ0v) is 20.8. The molecule has 2 heterocycles. The van der Waals surface area contributed by atoms with Crippen molar-refractivity contribution < 1.29 is 24.1 Å². The highest BCUT2D eigenvalue weighted by atomic mass is 35.5. The van der Waals surface area contributed by atoms with Gasteiger partial charge in [-0.05, 0) is 73.0 Å². The summed E-state index contributed by atoms with van der Waals surface area (Å²) in [5.41, 5.74) is 4.58. The first-order chi connectivity index (χ1) is 17.4. The van der Waals surface area contributed by atoms with Crippen LogP contribution in [0.15, 0.2) is 60.7 Å². The fraction of sp³-hybridized carbons (Fsp3) is 0.310. The van der Waals surface area contributed by atoms with Crippen LogP contribution in [-0.2, 0) is 0 Å². The van der Waals surface area contributed by atoms with E-state index in [4.69, 9.17) is 21.1 Å². The van der Waals surface area contributed by atoms with Gasteiger partial charge in [0.1, 0.15) is 35.7 Å². The molecule has 0 aliphatic carbocycles. The van der Waals surface area contributed by atoms with Crippen molar-refractivity contribution in [2.75, 3.05) is 32.9 Å². The average Bonchev–Trinajstić information content (AvgIpc) is 3.34. The Kier molecular flexibility index (Phi) is 7.08. The molecule has 3 aromatic carbocycles. The molecule has 1 unspecified atom stereocenters. The molecule has 0 saturated carbocycles. The van der Waals surface area contributed by atoms with E-state index in [1.807, 2.05) is 43.3 Å². The molecule has 2 aliphatic heterocycles. The van der Waals surface area contributed by atoms with Gasteiger partial charge in [-0.1, -0.05) is 29.8 Å². The van der Waals surface area contributed by atoms with Gasteiger partial charge in [-0.3, -0.25) is 9.29 Å². The zero-order chi connectivity index (χ0) is 25.2. The van der Waals surface area contributed by atoms with E-state index in [1.165, 1.54) is 0 Å². The largest absolute Gasteiger partial charge is 0.508 e. The van der Waals surface area contributed by atoms with E-state index < -0.39 is 6.10 Å². The Morgan fingerprint density at radius 3 is 2.61 bits per heavy atom. The second kappa shape index (κ2) is 10.4. The number of phenols is 2. The van der Waals surface area contributed by atoms with Gasteiger partial charge in [-0.25, -0.2) is 0 Å². The number of benzene rings is 3. The molecule has 36 heavy (non-hydrogen) atoms. The third kappa shape index (κ3) is 5.01. The van der Waals surface area contributed by atoms with Crippen molar-refractivity contribution in [1.82, 2.24) is 4.90 Å². The maximum atomic E-state index is 12.8. The van der Waals surface area contributed by atoms with Crippen LogP contribution in [0.4, 0.5) is 4.39 Å². The van der Waals surface area contributed by atoms with E-state index in [9.17, 15) is 14.6 Å². The van der Waals surface area contributed by atoms with Crippen LogP contribution in [0.1, 0.15) is 36.1 Å². The van der Waals surface area contributed by atoms with Gasteiger partial charge in [0, 0.05) is 36.2 Å². The first-order valence-electron chi connectivity index (χ1n) is 12.1. The van der Waals surface area contributed by atoms with Gasteiger partial charge in [0.25, 0.3) is 0 Å². The van der Waals surface area contributed by atoms with Crippen molar-refractivity contribution in [2.45, 2.75) is 19.4 Å². The number of phenolic OH excluding ortho intramolecular Hbond substituents is 2. The predicted octanol–water partition coefficient (Wildman–Crippen LogP) is 6.49. The predicted molar refractivity (Wildman–Crippen MR) is 140 cm³/mol. The van der Waals surface area contributed by atoms with Crippen LogP contribution in [-0.4, -0.2) is 48.0 Å². The fourth-order valence-corrected chi connectivity index (χ4v) is 5.18. The van der Waals surface area contributed by atoms with Crippen molar-refractivity contribution in [3.05, 3.63) is 82.4 Å². The van der Waals surface area contributed by atoms with Gasteiger partial charge >= 0.3 is 0 Å². The number of nitrogens with zero attached hydrogens (tertiary/aromatic N) is 1. The lowest BCUT2D eigenvalue weighted by Gasteiger charge is -2.31. The molecular weight excluding hydrogens is 481 g/mol. The van der Waals surface area contributed by atoms with Crippen molar-refractivity contribution in [2.24, 2.45) is 5.92 Å². The van der Waals surface area contributed by atoms with E-state index in [-0.39, 0.29) is 29.1 Å². The standard InChI is InChI=1S/C29H29ClFNO4/c1-18-24-8-5-22(33)15-27(24)36-29(28(18)21-4-9-26(34)25(30)14-21)20-2-6-23(7-3-20)35-13-12-32-11-10-19(16-31)17-32/h2-9,14-15,19,29,33-34H,10-13,16-17H2,1H3/t19-,29?/m0/s1. The van der Waals surface area contributed by atoms with E-state index in [0.717, 1.165) is 59.6 Å². The molecule has 3 aromatic rings. The first kappa shape index (κ1) is 24.5. The summed E-state index contributed by atoms with van der Waals surface area (Å²) in [6.07, 6.45) is 0.464. The highest BCUT2D eigenvalue weighted by molar-refractivity contribution is 6.32. The Bertz CT molecular complexity index is 1280. The van der Waals surface area contributed by atoms with Gasteiger partial charge in [-0.2, -0.15) is 0 Å². The number of likely N-dealkylation sites (tertiary alicyclic amines) is 1. The molecule has 0 radical (unpaired) electrons. The lowest BCUT2D eigenvalue weighted by atomic mass is 9.86. The monoisotopic (exact) mass is 509 g/mol. The third-order valence-corrected chi connectivity index (χ3v) is 7.29. The minimum Gasteiger partial charge on any atom is -0.508 e. The van der Waals surface area contributed by atoms with E-state index in [0.29, 0.717) is 12.4 Å². The van der Waals surface area contributed by atoms with Gasteiger partial charge < -0.3 is 19.7 Å². The molecule has 2 N–H and O–H groups in total. The number of rotatable bonds is 7. The van der Waals surface area contributed by atoms with Crippen LogP contribution in [0.5, 0.6) is 23.0 Å². The number of alkyl halides is 1. The number of fused-ring (bicyclic) bond motifs is 1. The molecule has 2 atom stereocenters. The summed E-state index contributed by atoms with van der Waals surface area (Å²) in [4.78, 5) is 2.24. The van der Waals surface area contributed by atoms with Crippen LogP contribution in [0.25, 0.3) is 11.1 Å². The number of ether oxygens (including phenoxy) is 2. The molecule has 0 spiro atoms. The van der Waals surface area contributed by atoms with E-state index in [1.54, 1.807) is 24.3 Å². The minimum absolute atomic E-state index is 0.0212. The SMILES string of the molecule is CC1=C(c2ccc(O)c(Cl)c2)C(c2ccc(OCCN3CC[C@@H](CF)C3)cc2)Oc2cc(O)ccc21. The molecular formula is C29H29ClFNO4. The molecule has 2 aliphatic rings. The van der Waals surface area contributed by atoms with Crippen molar-refractivity contribution in [3.8, 4) is 23.0 Å². The Morgan fingerprint density at radius 1 is 1.08 bits per heavy atom. The number of allylic oxidation sites excluding steroid dienone is 1. The lowest BCUT2D eigenvalue weighted by Crippen LogP contribution is -2.26. The molecule has 1 saturated heterocycles. The highest BCUT2D eigenvalue weighted by Gasteiger charge is 2.30. The third-order valence-electron chi connectivity index (χ3n) is 6.99. The van der Waals surface area contributed by atoms with Crippen molar-refractivity contribution >= 4 is 22.7 Å². The number of halogens is 2. The van der Waals surface area contributed by atoms with Crippen LogP contribution < -0.4 is 9.47 Å². The molecule has 0 amide bonds. The zero-order valence-electron chi connectivity index (χ0n) is 20.1. The molecule has 1 fully saturated rings. The maximum Gasteiger partial charge on any atom is 0.150 e.